The van der Waals surface area contributed by atoms with Crippen LogP contribution < -0.4 is 5.32 Å². The van der Waals surface area contributed by atoms with E-state index < -0.39 is 5.60 Å². The number of alkyl carbamates (subject to hydrolysis) is 1. The number of nitrogens with one attached hydrogen (secondary N) is 1. The Labute approximate surface area is 162 Å². The van der Waals surface area contributed by atoms with Crippen molar-refractivity contribution in [2.45, 2.75) is 64.5 Å². The smallest absolute Gasteiger partial charge is 0.408 e. The van der Waals surface area contributed by atoms with Gasteiger partial charge in [-0.1, -0.05) is 49.6 Å². The molecule has 0 spiro atoms. The van der Waals surface area contributed by atoms with Crippen LogP contribution >= 0.6 is 0 Å². The molecule has 1 aromatic carbocycles. The van der Waals surface area contributed by atoms with E-state index in [-0.39, 0.29) is 12.1 Å². The zero-order valence-corrected chi connectivity index (χ0v) is 16.6. The van der Waals surface area contributed by atoms with E-state index >= 15 is 0 Å². The van der Waals surface area contributed by atoms with Crippen LogP contribution in [0.25, 0.3) is 11.1 Å². The second-order valence-corrected chi connectivity index (χ2v) is 8.39. The first-order valence-electron chi connectivity index (χ1n) is 9.92. The molecule has 1 aliphatic rings. The third-order valence-corrected chi connectivity index (χ3v) is 5.02. The van der Waals surface area contributed by atoms with Crippen molar-refractivity contribution in [1.82, 2.24) is 10.3 Å². The molecule has 4 nitrogen and oxygen atoms in total. The van der Waals surface area contributed by atoms with Gasteiger partial charge >= 0.3 is 6.09 Å². The molecular weight excluding hydrogens is 336 g/mol. The molecule has 1 amide bonds. The Balaban J connectivity index is 1.87. The number of carbonyl (C=O) groups is 1. The highest BCUT2D eigenvalue weighted by atomic mass is 16.6. The zero-order chi connectivity index (χ0) is 19.3. The van der Waals surface area contributed by atoms with Gasteiger partial charge in [0.15, 0.2) is 0 Å². The summed E-state index contributed by atoms with van der Waals surface area (Å²) in [7, 11) is 0. The molecule has 1 aliphatic carbocycles. The second-order valence-electron chi connectivity index (χ2n) is 8.39. The monoisotopic (exact) mass is 366 g/mol. The van der Waals surface area contributed by atoms with Crippen molar-refractivity contribution in [3.63, 3.8) is 0 Å². The maximum Gasteiger partial charge on any atom is 0.408 e. The highest BCUT2D eigenvalue weighted by Crippen LogP contribution is 2.35. The first kappa shape index (κ1) is 19.4. The van der Waals surface area contributed by atoms with Crippen LogP contribution in [0.5, 0.6) is 0 Å². The van der Waals surface area contributed by atoms with Crippen molar-refractivity contribution < 1.29 is 9.53 Å². The summed E-state index contributed by atoms with van der Waals surface area (Å²) in [5.74, 6) is 0.416. The average molecular weight is 367 g/mol. The summed E-state index contributed by atoms with van der Waals surface area (Å²) in [6.07, 6.45) is 9.34. The lowest BCUT2D eigenvalue weighted by Crippen LogP contribution is -2.38. The van der Waals surface area contributed by atoms with E-state index in [1.807, 2.05) is 51.4 Å². The molecule has 1 atom stereocenters. The Kier molecular flexibility index (Phi) is 6.15. The normalized spacial score (nSPS) is 16.6. The van der Waals surface area contributed by atoms with Gasteiger partial charge in [-0.15, -0.1) is 0 Å². The van der Waals surface area contributed by atoms with Gasteiger partial charge in [0.25, 0.3) is 0 Å². The van der Waals surface area contributed by atoms with Crippen molar-refractivity contribution in [2.24, 2.45) is 5.92 Å². The zero-order valence-electron chi connectivity index (χ0n) is 16.6. The average Bonchev–Trinajstić information content (AvgIpc) is 2.66. The number of nitrogens with zero attached hydrogens (tertiary/aromatic N) is 1. The van der Waals surface area contributed by atoms with E-state index in [0.29, 0.717) is 5.92 Å². The van der Waals surface area contributed by atoms with Crippen molar-refractivity contribution in [3.05, 3.63) is 54.4 Å². The molecule has 1 saturated carbocycles. The quantitative estimate of drug-likeness (QED) is 0.733. The summed E-state index contributed by atoms with van der Waals surface area (Å²) >= 11 is 0. The number of hydrogen-bond acceptors (Lipinski definition) is 3. The van der Waals surface area contributed by atoms with E-state index in [2.05, 4.69) is 28.5 Å². The topological polar surface area (TPSA) is 51.2 Å². The third kappa shape index (κ3) is 5.56. The third-order valence-electron chi connectivity index (χ3n) is 5.02. The molecule has 0 bridgehead atoms. The second kappa shape index (κ2) is 8.55. The standard InChI is InChI=1S/C23H30N2O2/c1-23(2,3)27-22(26)25-21(18-12-8-5-9-13-18)20-14-19(15-24-16-20)17-10-6-4-7-11-17/h4,6-7,10-11,14-16,18,21H,5,8-9,12-13H2,1-3H3,(H,25,26). The molecule has 1 aromatic heterocycles. The lowest BCUT2D eigenvalue weighted by molar-refractivity contribution is 0.0475. The van der Waals surface area contributed by atoms with Crippen LogP contribution in [-0.2, 0) is 4.74 Å². The molecule has 2 aromatic rings. The molecule has 27 heavy (non-hydrogen) atoms. The summed E-state index contributed by atoms with van der Waals surface area (Å²) in [5.41, 5.74) is 2.74. The molecule has 0 saturated heterocycles. The lowest BCUT2D eigenvalue weighted by Gasteiger charge is -2.32. The SMILES string of the molecule is CC(C)(C)OC(=O)NC(c1cncc(-c2ccccc2)c1)C1CCCCC1. The van der Waals surface area contributed by atoms with Gasteiger partial charge in [0.1, 0.15) is 5.60 Å². The number of aromatic nitrogens is 1. The summed E-state index contributed by atoms with van der Waals surface area (Å²) in [5, 5.41) is 3.14. The van der Waals surface area contributed by atoms with E-state index in [1.54, 1.807) is 0 Å². The lowest BCUT2D eigenvalue weighted by atomic mass is 9.81. The van der Waals surface area contributed by atoms with E-state index in [9.17, 15) is 4.79 Å². The maximum atomic E-state index is 12.5. The molecule has 1 fully saturated rings. The number of ether oxygens (including phenoxy) is 1. The molecule has 0 aliphatic heterocycles. The summed E-state index contributed by atoms with van der Waals surface area (Å²) in [6, 6.07) is 12.3. The highest BCUT2D eigenvalue weighted by molar-refractivity contribution is 5.69. The van der Waals surface area contributed by atoms with Crippen LogP contribution in [0, 0.1) is 5.92 Å². The van der Waals surface area contributed by atoms with Crippen LogP contribution in [0.2, 0.25) is 0 Å². The number of amides is 1. The van der Waals surface area contributed by atoms with Crippen molar-refractivity contribution >= 4 is 6.09 Å². The number of rotatable bonds is 4. The van der Waals surface area contributed by atoms with Crippen LogP contribution in [0.4, 0.5) is 4.79 Å². The number of carbonyl (C=O) groups excluding carboxylic acids is 1. The largest absolute Gasteiger partial charge is 0.444 e. The number of benzene rings is 1. The Bertz CT molecular complexity index is 746. The minimum Gasteiger partial charge on any atom is -0.444 e. The maximum absolute atomic E-state index is 12.5. The van der Waals surface area contributed by atoms with Crippen LogP contribution in [-0.4, -0.2) is 16.7 Å². The van der Waals surface area contributed by atoms with E-state index in [1.165, 1.54) is 19.3 Å². The van der Waals surface area contributed by atoms with Gasteiger partial charge in [-0.05, 0) is 56.7 Å². The molecule has 3 rings (SSSR count). The minimum absolute atomic E-state index is 0.0729. The highest BCUT2D eigenvalue weighted by Gasteiger charge is 2.29. The van der Waals surface area contributed by atoms with Crippen molar-refractivity contribution in [3.8, 4) is 11.1 Å². The number of hydrogen-bond donors (Lipinski definition) is 1. The Morgan fingerprint density at radius 3 is 2.44 bits per heavy atom. The van der Waals surface area contributed by atoms with Gasteiger partial charge in [0, 0.05) is 18.0 Å². The van der Waals surface area contributed by atoms with Crippen LogP contribution in [0.3, 0.4) is 0 Å². The summed E-state index contributed by atoms with van der Waals surface area (Å²) in [6.45, 7) is 5.67. The number of pyridine rings is 1. The molecule has 144 valence electrons. The minimum atomic E-state index is -0.509. The fraction of sp³-hybridized carbons (Fsp3) is 0.478. The Morgan fingerprint density at radius 1 is 1.07 bits per heavy atom. The van der Waals surface area contributed by atoms with Gasteiger partial charge < -0.3 is 10.1 Å². The van der Waals surface area contributed by atoms with Crippen molar-refractivity contribution in [2.75, 3.05) is 0 Å². The first-order chi connectivity index (χ1) is 12.9. The molecule has 4 heteroatoms. The molecule has 1 heterocycles. The van der Waals surface area contributed by atoms with Crippen molar-refractivity contribution in [1.29, 1.82) is 0 Å². The van der Waals surface area contributed by atoms with Gasteiger partial charge in [-0.3, -0.25) is 4.98 Å². The predicted molar refractivity (Wildman–Crippen MR) is 108 cm³/mol. The van der Waals surface area contributed by atoms with Gasteiger partial charge in [0.2, 0.25) is 0 Å². The molecular formula is C23H30N2O2. The fourth-order valence-electron chi connectivity index (χ4n) is 3.79. The van der Waals surface area contributed by atoms with E-state index in [0.717, 1.165) is 29.5 Å². The molecule has 0 radical (unpaired) electrons. The molecule has 1 unspecified atom stereocenters. The van der Waals surface area contributed by atoms with Crippen LogP contribution in [0.1, 0.15) is 64.5 Å². The van der Waals surface area contributed by atoms with Gasteiger partial charge in [0.05, 0.1) is 6.04 Å². The summed E-state index contributed by atoms with van der Waals surface area (Å²) < 4.78 is 5.52. The Hall–Kier alpha value is -2.36. The van der Waals surface area contributed by atoms with Gasteiger partial charge in [-0.25, -0.2) is 4.79 Å². The summed E-state index contributed by atoms with van der Waals surface area (Å²) in [4.78, 5) is 17.0. The predicted octanol–water partition coefficient (Wildman–Crippen LogP) is 5.89. The Morgan fingerprint density at radius 2 is 1.78 bits per heavy atom. The van der Waals surface area contributed by atoms with Crippen LogP contribution in [0.15, 0.2) is 48.8 Å². The first-order valence-corrected chi connectivity index (χ1v) is 9.92. The van der Waals surface area contributed by atoms with E-state index in [4.69, 9.17) is 4.74 Å². The fourth-order valence-corrected chi connectivity index (χ4v) is 3.79. The molecule has 1 N–H and O–H groups in total. The van der Waals surface area contributed by atoms with Gasteiger partial charge in [-0.2, -0.15) is 0 Å².